The first-order valence-corrected chi connectivity index (χ1v) is 5.36. The molecule has 0 fully saturated rings. The first kappa shape index (κ1) is 13.4. The van der Waals surface area contributed by atoms with Crippen molar-refractivity contribution in [1.29, 1.82) is 0 Å². The van der Waals surface area contributed by atoms with Crippen LogP contribution in [0.15, 0.2) is 24.3 Å². The maximum atomic E-state index is 12.6. The Hall–Kier alpha value is -1.62. The Balaban J connectivity index is 2.04. The summed E-state index contributed by atoms with van der Waals surface area (Å²) >= 11 is 0. The summed E-state index contributed by atoms with van der Waals surface area (Å²) in [4.78, 5) is 10.7. The molecular weight excluding hydrogens is 225 g/mol. The van der Waals surface area contributed by atoms with E-state index in [0.29, 0.717) is 19.8 Å². The van der Waals surface area contributed by atoms with Gasteiger partial charge in [-0.3, -0.25) is 0 Å². The second-order valence-electron chi connectivity index (χ2n) is 3.41. The molecule has 5 heteroatoms. The number of halogens is 1. The van der Waals surface area contributed by atoms with Crippen LogP contribution in [0.3, 0.4) is 0 Å². The fourth-order valence-electron chi connectivity index (χ4n) is 1.24. The van der Waals surface area contributed by atoms with Gasteiger partial charge < -0.3 is 14.8 Å². The van der Waals surface area contributed by atoms with E-state index in [1.807, 2.05) is 0 Å². The molecule has 0 aliphatic rings. The number of rotatable bonds is 6. The molecule has 0 aromatic heterocycles. The fourth-order valence-corrected chi connectivity index (χ4v) is 1.24. The van der Waals surface area contributed by atoms with Crippen molar-refractivity contribution in [3.63, 3.8) is 0 Å². The first-order valence-electron chi connectivity index (χ1n) is 5.36. The van der Waals surface area contributed by atoms with Crippen molar-refractivity contribution in [3.8, 4) is 0 Å². The number of hydrogen-bond donors (Lipinski definition) is 1. The van der Waals surface area contributed by atoms with Gasteiger partial charge in [0.05, 0.1) is 20.3 Å². The van der Waals surface area contributed by atoms with Crippen LogP contribution < -0.4 is 5.32 Å². The van der Waals surface area contributed by atoms with Gasteiger partial charge in [-0.1, -0.05) is 12.1 Å². The van der Waals surface area contributed by atoms with E-state index in [4.69, 9.17) is 4.74 Å². The van der Waals surface area contributed by atoms with Crippen LogP contribution in [-0.4, -0.2) is 33.0 Å². The number of hydrogen-bond acceptors (Lipinski definition) is 3. The predicted molar refractivity (Wildman–Crippen MR) is 61.3 cm³/mol. The van der Waals surface area contributed by atoms with Gasteiger partial charge in [-0.25, -0.2) is 9.18 Å². The third-order valence-electron chi connectivity index (χ3n) is 2.15. The van der Waals surface area contributed by atoms with Gasteiger partial charge in [0, 0.05) is 6.54 Å². The SMILES string of the molecule is COC(=O)NCCOCCc1ccc(F)cc1. The van der Waals surface area contributed by atoms with Crippen LogP contribution in [0, 0.1) is 5.82 Å². The Morgan fingerprint density at radius 3 is 2.65 bits per heavy atom. The minimum Gasteiger partial charge on any atom is -0.453 e. The van der Waals surface area contributed by atoms with Crippen molar-refractivity contribution in [2.75, 3.05) is 26.9 Å². The Kier molecular flexibility index (Phi) is 6.03. The van der Waals surface area contributed by atoms with Gasteiger partial charge in [0.25, 0.3) is 0 Å². The van der Waals surface area contributed by atoms with Gasteiger partial charge in [0.1, 0.15) is 5.82 Å². The molecule has 0 bridgehead atoms. The Morgan fingerprint density at radius 1 is 1.29 bits per heavy atom. The van der Waals surface area contributed by atoms with E-state index in [2.05, 4.69) is 10.1 Å². The number of carbonyl (C=O) groups excluding carboxylic acids is 1. The highest BCUT2D eigenvalue weighted by Crippen LogP contribution is 2.03. The molecule has 1 N–H and O–H groups in total. The molecule has 0 aliphatic carbocycles. The average Bonchev–Trinajstić information content (AvgIpc) is 2.35. The second-order valence-corrected chi connectivity index (χ2v) is 3.41. The molecule has 17 heavy (non-hydrogen) atoms. The molecule has 0 spiro atoms. The second kappa shape index (κ2) is 7.62. The summed E-state index contributed by atoms with van der Waals surface area (Å²) in [5.41, 5.74) is 1.02. The smallest absolute Gasteiger partial charge is 0.406 e. The Labute approximate surface area is 99.7 Å². The van der Waals surface area contributed by atoms with Crippen molar-refractivity contribution in [3.05, 3.63) is 35.6 Å². The van der Waals surface area contributed by atoms with Gasteiger partial charge in [-0.05, 0) is 24.1 Å². The molecule has 0 saturated heterocycles. The van der Waals surface area contributed by atoms with E-state index in [9.17, 15) is 9.18 Å². The van der Waals surface area contributed by atoms with Gasteiger partial charge in [0.2, 0.25) is 0 Å². The minimum atomic E-state index is -0.466. The highest BCUT2D eigenvalue weighted by molar-refractivity contribution is 5.66. The van der Waals surface area contributed by atoms with Crippen LogP contribution in [-0.2, 0) is 15.9 Å². The standard InChI is InChI=1S/C12H16FNO3/c1-16-12(15)14-7-9-17-8-6-10-2-4-11(13)5-3-10/h2-5H,6-9H2,1H3,(H,14,15). The number of nitrogens with one attached hydrogen (secondary N) is 1. The van der Waals surface area contributed by atoms with Crippen LogP contribution in [0.5, 0.6) is 0 Å². The zero-order valence-corrected chi connectivity index (χ0v) is 9.74. The fraction of sp³-hybridized carbons (Fsp3) is 0.417. The van der Waals surface area contributed by atoms with Crippen molar-refractivity contribution in [2.45, 2.75) is 6.42 Å². The molecule has 0 saturated carbocycles. The monoisotopic (exact) mass is 241 g/mol. The Bertz CT molecular complexity index is 340. The maximum Gasteiger partial charge on any atom is 0.406 e. The molecule has 0 heterocycles. The minimum absolute atomic E-state index is 0.239. The number of ether oxygens (including phenoxy) is 2. The lowest BCUT2D eigenvalue weighted by atomic mass is 10.2. The summed E-state index contributed by atoms with van der Waals surface area (Å²) < 4.78 is 22.3. The molecule has 94 valence electrons. The summed E-state index contributed by atoms with van der Waals surface area (Å²) in [6.45, 7) is 1.38. The zero-order chi connectivity index (χ0) is 12.5. The molecule has 0 unspecified atom stereocenters. The summed E-state index contributed by atoms with van der Waals surface area (Å²) in [5, 5.41) is 2.50. The van der Waals surface area contributed by atoms with Crippen molar-refractivity contribution < 1.29 is 18.7 Å². The van der Waals surface area contributed by atoms with Crippen LogP contribution in [0.4, 0.5) is 9.18 Å². The predicted octanol–water partition coefficient (Wildman–Crippen LogP) is 1.74. The van der Waals surface area contributed by atoms with Gasteiger partial charge in [-0.15, -0.1) is 0 Å². The summed E-state index contributed by atoms with van der Waals surface area (Å²) in [6.07, 6.45) is 0.255. The molecule has 4 nitrogen and oxygen atoms in total. The molecule has 1 rings (SSSR count). The summed E-state index contributed by atoms with van der Waals surface area (Å²) in [5.74, 6) is -0.239. The van der Waals surface area contributed by atoms with Crippen molar-refractivity contribution in [1.82, 2.24) is 5.32 Å². The molecule has 0 aliphatic heterocycles. The highest BCUT2D eigenvalue weighted by atomic mass is 19.1. The summed E-state index contributed by atoms with van der Waals surface area (Å²) in [7, 11) is 1.31. The third kappa shape index (κ3) is 5.87. The lowest BCUT2D eigenvalue weighted by Crippen LogP contribution is -2.27. The first-order chi connectivity index (χ1) is 8.22. The van der Waals surface area contributed by atoms with Gasteiger partial charge >= 0.3 is 6.09 Å². The van der Waals surface area contributed by atoms with Crippen LogP contribution in [0.2, 0.25) is 0 Å². The molecule has 0 atom stereocenters. The van der Waals surface area contributed by atoms with E-state index in [1.165, 1.54) is 19.2 Å². The van der Waals surface area contributed by atoms with Gasteiger partial charge in [-0.2, -0.15) is 0 Å². The van der Waals surface area contributed by atoms with E-state index in [0.717, 1.165) is 12.0 Å². The van der Waals surface area contributed by atoms with Gasteiger partial charge in [0.15, 0.2) is 0 Å². The molecule has 0 radical (unpaired) electrons. The topological polar surface area (TPSA) is 47.6 Å². The quantitative estimate of drug-likeness (QED) is 0.772. The molecule has 1 aromatic rings. The number of amides is 1. The number of benzene rings is 1. The number of methoxy groups -OCH3 is 1. The molecular formula is C12H16FNO3. The zero-order valence-electron chi connectivity index (χ0n) is 9.74. The maximum absolute atomic E-state index is 12.6. The van der Waals surface area contributed by atoms with E-state index >= 15 is 0 Å². The normalized spacial score (nSPS) is 10.0. The van der Waals surface area contributed by atoms with E-state index < -0.39 is 6.09 Å². The lowest BCUT2D eigenvalue weighted by Gasteiger charge is -2.05. The third-order valence-corrected chi connectivity index (χ3v) is 2.15. The van der Waals surface area contributed by atoms with E-state index in [-0.39, 0.29) is 5.82 Å². The van der Waals surface area contributed by atoms with Crippen LogP contribution >= 0.6 is 0 Å². The van der Waals surface area contributed by atoms with E-state index in [1.54, 1.807) is 12.1 Å². The lowest BCUT2D eigenvalue weighted by molar-refractivity contribution is 0.131. The number of carbonyl (C=O) groups is 1. The highest BCUT2D eigenvalue weighted by Gasteiger charge is 1.97. The van der Waals surface area contributed by atoms with Crippen molar-refractivity contribution >= 4 is 6.09 Å². The van der Waals surface area contributed by atoms with Crippen LogP contribution in [0.1, 0.15) is 5.56 Å². The average molecular weight is 241 g/mol. The largest absolute Gasteiger partial charge is 0.453 e. The molecule has 1 aromatic carbocycles. The Morgan fingerprint density at radius 2 is 2.00 bits per heavy atom. The molecule has 1 amide bonds. The number of alkyl carbamates (subject to hydrolysis) is 1. The van der Waals surface area contributed by atoms with Crippen LogP contribution in [0.25, 0.3) is 0 Å². The summed E-state index contributed by atoms with van der Waals surface area (Å²) in [6, 6.07) is 6.30. The van der Waals surface area contributed by atoms with Crippen molar-refractivity contribution in [2.24, 2.45) is 0 Å².